The van der Waals surface area contributed by atoms with Crippen LogP contribution in [0.3, 0.4) is 0 Å². The van der Waals surface area contributed by atoms with Gasteiger partial charge in [-0.25, -0.2) is 9.31 Å². The summed E-state index contributed by atoms with van der Waals surface area (Å²) in [4.78, 5) is 17.7. The van der Waals surface area contributed by atoms with Crippen LogP contribution in [0.15, 0.2) is 28.9 Å². The molecule has 1 aliphatic heterocycles. The van der Waals surface area contributed by atoms with Crippen LogP contribution in [-0.4, -0.2) is 58.0 Å². The van der Waals surface area contributed by atoms with Crippen molar-refractivity contribution in [3.63, 3.8) is 0 Å². The predicted octanol–water partition coefficient (Wildman–Crippen LogP) is 6.07. The molecule has 0 bridgehead atoms. The Kier molecular flexibility index (Phi) is 6.37. The lowest BCUT2D eigenvalue weighted by atomic mass is 9.95. The number of nitrogens with zero attached hydrogens (tertiary/aromatic N) is 4. The lowest BCUT2D eigenvalue weighted by Gasteiger charge is -2.49. The van der Waals surface area contributed by atoms with Crippen molar-refractivity contribution in [3.8, 4) is 5.88 Å². The van der Waals surface area contributed by atoms with Crippen molar-refractivity contribution in [2.75, 3.05) is 25.1 Å². The average Bonchev–Trinajstić information content (AvgIpc) is 3.40. The van der Waals surface area contributed by atoms with Crippen LogP contribution in [-0.2, 0) is 4.74 Å². The number of rotatable bonds is 5. The van der Waals surface area contributed by atoms with Crippen LogP contribution < -0.4 is 9.64 Å². The van der Waals surface area contributed by atoms with Crippen LogP contribution in [0.25, 0.3) is 5.52 Å². The van der Waals surface area contributed by atoms with Crippen molar-refractivity contribution in [2.45, 2.75) is 70.6 Å². The van der Waals surface area contributed by atoms with E-state index in [1.165, 1.54) is 0 Å². The van der Waals surface area contributed by atoms with E-state index >= 15 is 0 Å². The van der Waals surface area contributed by atoms with Crippen LogP contribution in [0.1, 0.15) is 53.4 Å². The molecule has 1 atom stereocenters. The van der Waals surface area contributed by atoms with Crippen LogP contribution in [0.4, 0.5) is 10.5 Å². The summed E-state index contributed by atoms with van der Waals surface area (Å²) in [6.07, 6.45) is 3.43. The summed E-state index contributed by atoms with van der Waals surface area (Å²) in [5.74, 6) is 0.380. The quantitative estimate of drug-likeness (QED) is 0.341. The zero-order chi connectivity index (χ0) is 24.1. The molecule has 2 aromatic rings. The molecule has 1 amide bonds. The molecule has 2 fully saturated rings. The monoisotopic (exact) mass is 538 g/mol. The number of methoxy groups -OCH3 is 1. The van der Waals surface area contributed by atoms with Crippen molar-refractivity contribution in [1.29, 1.82) is 0 Å². The Morgan fingerprint density at radius 3 is 2.64 bits per heavy atom. The van der Waals surface area contributed by atoms with E-state index in [0.717, 1.165) is 47.1 Å². The van der Waals surface area contributed by atoms with E-state index in [2.05, 4.69) is 39.4 Å². The van der Waals surface area contributed by atoms with Crippen LogP contribution in [0, 0.1) is 0 Å². The van der Waals surface area contributed by atoms with Gasteiger partial charge in [0.1, 0.15) is 20.7 Å². The standard InChI is InChI=1S/C24H32BrClN4O3/c1-7-8-15(2)17-13-28(14-24(11-12-24)29(17)22(31)33-23(3,4)5)16-9-10-18(25)30-20(16)19(26)21(27-30)32-6/h9-10,17H,2,7-8,11-14H2,1,3-6H3/t17-/m1/s1. The van der Waals surface area contributed by atoms with Crippen molar-refractivity contribution >= 4 is 44.8 Å². The van der Waals surface area contributed by atoms with Gasteiger partial charge in [0.15, 0.2) is 0 Å². The Labute approximate surface area is 208 Å². The third kappa shape index (κ3) is 4.44. The van der Waals surface area contributed by atoms with E-state index < -0.39 is 5.60 Å². The maximum absolute atomic E-state index is 13.4. The second-order valence-electron chi connectivity index (χ2n) is 10.0. The SMILES string of the molecule is C=C(CCC)[C@H]1CN(c2ccc(Br)n3nc(OC)c(Cl)c23)CC2(CC2)N1C(=O)OC(C)(C)C. The first-order valence-electron chi connectivity index (χ1n) is 11.4. The number of hydrogen-bond donors (Lipinski definition) is 0. The number of piperazine rings is 1. The van der Waals surface area contributed by atoms with Crippen molar-refractivity contribution in [1.82, 2.24) is 14.5 Å². The van der Waals surface area contributed by atoms with E-state index in [0.29, 0.717) is 24.0 Å². The molecular weight excluding hydrogens is 508 g/mol. The van der Waals surface area contributed by atoms with Crippen molar-refractivity contribution < 1.29 is 14.3 Å². The largest absolute Gasteiger partial charge is 0.479 e. The second-order valence-corrected chi connectivity index (χ2v) is 11.2. The fourth-order valence-corrected chi connectivity index (χ4v) is 5.39. The van der Waals surface area contributed by atoms with E-state index in [1.54, 1.807) is 11.6 Å². The topological polar surface area (TPSA) is 59.3 Å². The minimum Gasteiger partial charge on any atom is -0.479 e. The number of carbonyl (C=O) groups is 1. The first-order chi connectivity index (χ1) is 15.5. The van der Waals surface area contributed by atoms with Crippen molar-refractivity contribution in [2.24, 2.45) is 0 Å². The Morgan fingerprint density at radius 1 is 1.36 bits per heavy atom. The summed E-state index contributed by atoms with van der Waals surface area (Å²) in [6.45, 7) is 13.5. The highest BCUT2D eigenvalue weighted by molar-refractivity contribution is 9.10. The number of fused-ring (bicyclic) bond motifs is 1. The smallest absolute Gasteiger partial charge is 0.411 e. The maximum atomic E-state index is 13.4. The molecule has 9 heteroatoms. The molecule has 33 heavy (non-hydrogen) atoms. The summed E-state index contributed by atoms with van der Waals surface area (Å²) in [5.41, 5.74) is 1.96. The molecule has 3 heterocycles. The number of halogens is 2. The molecule has 4 rings (SSSR count). The zero-order valence-corrected chi connectivity index (χ0v) is 22.3. The van der Waals surface area contributed by atoms with Gasteiger partial charge in [-0.3, -0.25) is 4.90 Å². The molecule has 0 aromatic carbocycles. The number of aromatic nitrogens is 2. The van der Waals surface area contributed by atoms with Crippen LogP contribution in [0.2, 0.25) is 5.02 Å². The Hall–Kier alpha value is -1.93. The van der Waals surface area contributed by atoms with Gasteiger partial charge in [-0.2, -0.15) is 0 Å². The molecule has 2 aromatic heterocycles. The number of pyridine rings is 1. The number of amides is 1. The lowest BCUT2D eigenvalue weighted by molar-refractivity contribution is 0.000915. The molecule has 1 aliphatic carbocycles. The number of ether oxygens (including phenoxy) is 2. The van der Waals surface area contributed by atoms with Crippen molar-refractivity contribution in [3.05, 3.63) is 33.9 Å². The van der Waals surface area contributed by atoms with Gasteiger partial charge in [0.2, 0.25) is 0 Å². The predicted molar refractivity (Wildman–Crippen MR) is 135 cm³/mol. The minimum atomic E-state index is -0.555. The first kappa shape index (κ1) is 24.2. The van der Waals surface area contributed by atoms with Gasteiger partial charge in [-0.15, -0.1) is 5.10 Å². The van der Waals surface area contributed by atoms with Crippen LogP contribution in [0.5, 0.6) is 5.88 Å². The zero-order valence-electron chi connectivity index (χ0n) is 20.0. The Balaban J connectivity index is 1.77. The van der Waals surface area contributed by atoms with Gasteiger partial charge in [0, 0.05) is 13.1 Å². The molecule has 0 radical (unpaired) electrons. The highest BCUT2D eigenvalue weighted by Gasteiger charge is 2.58. The number of carbonyl (C=O) groups excluding carboxylic acids is 1. The number of anilines is 1. The lowest BCUT2D eigenvalue weighted by Crippen LogP contribution is -2.63. The third-order valence-electron chi connectivity index (χ3n) is 6.32. The molecule has 2 aliphatic rings. The van der Waals surface area contributed by atoms with Gasteiger partial charge in [-0.05, 0) is 68.1 Å². The Morgan fingerprint density at radius 2 is 2.06 bits per heavy atom. The highest BCUT2D eigenvalue weighted by Crippen LogP contribution is 2.50. The van der Waals surface area contributed by atoms with E-state index in [-0.39, 0.29) is 17.7 Å². The summed E-state index contributed by atoms with van der Waals surface area (Å²) in [6, 6.07) is 3.86. The molecule has 180 valence electrons. The summed E-state index contributed by atoms with van der Waals surface area (Å²) in [5, 5.41) is 4.96. The summed E-state index contributed by atoms with van der Waals surface area (Å²) in [7, 11) is 1.56. The molecule has 0 N–H and O–H groups in total. The highest BCUT2D eigenvalue weighted by atomic mass is 79.9. The molecular formula is C24H32BrClN4O3. The molecule has 1 saturated carbocycles. The first-order valence-corrected chi connectivity index (χ1v) is 12.5. The van der Waals surface area contributed by atoms with Gasteiger partial charge in [0.05, 0.1) is 24.4 Å². The second kappa shape index (κ2) is 8.69. The summed E-state index contributed by atoms with van der Waals surface area (Å²) >= 11 is 10.2. The fraction of sp³-hybridized carbons (Fsp3) is 0.583. The molecule has 1 spiro atoms. The molecule has 0 unspecified atom stereocenters. The normalized spacial score (nSPS) is 19.8. The van der Waals surface area contributed by atoms with Gasteiger partial charge in [-0.1, -0.05) is 37.1 Å². The molecule has 1 saturated heterocycles. The fourth-order valence-electron chi connectivity index (χ4n) is 4.71. The van der Waals surface area contributed by atoms with Gasteiger partial charge in [0.25, 0.3) is 5.88 Å². The van der Waals surface area contributed by atoms with E-state index in [4.69, 9.17) is 21.1 Å². The average molecular weight is 540 g/mol. The van der Waals surface area contributed by atoms with E-state index in [1.807, 2.05) is 37.8 Å². The van der Waals surface area contributed by atoms with Gasteiger partial charge < -0.3 is 14.4 Å². The Bertz CT molecular complexity index is 1090. The van der Waals surface area contributed by atoms with Gasteiger partial charge >= 0.3 is 6.09 Å². The minimum absolute atomic E-state index is 0.150. The summed E-state index contributed by atoms with van der Waals surface area (Å²) < 4.78 is 13.8. The van der Waals surface area contributed by atoms with Crippen LogP contribution >= 0.6 is 27.5 Å². The number of hydrogen-bond acceptors (Lipinski definition) is 5. The maximum Gasteiger partial charge on any atom is 0.411 e. The third-order valence-corrected chi connectivity index (χ3v) is 7.26. The van der Waals surface area contributed by atoms with E-state index in [9.17, 15) is 4.79 Å². The molecule has 7 nitrogen and oxygen atoms in total.